The summed E-state index contributed by atoms with van der Waals surface area (Å²) in [5, 5.41) is 15.4. The quantitative estimate of drug-likeness (QED) is 0.598. The average molecular weight is 283 g/mol. The summed E-state index contributed by atoms with van der Waals surface area (Å²) in [6.07, 6.45) is 1.21. The molecule has 0 bridgehead atoms. The largest absolute Gasteiger partial charge is 0.393 e. The molecule has 0 aromatic heterocycles. The molecule has 0 saturated carbocycles. The van der Waals surface area contributed by atoms with Gasteiger partial charge in [-0.25, -0.2) is 0 Å². The highest BCUT2D eigenvalue weighted by atomic mass is 16.3. The van der Waals surface area contributed by atoms with E-state index in [9.17, 15) is 14.7 Å². The maximum absolute atomic E-state index is 12.2. The Kier molecular flexibility index (Phi) is 4.65. The maximum atomic E-state index is 12.2. The van der Waals surface area contributed by atoms with E-state index in [1.54, 1.807) is 6.92 Å². The van der Waals surface area contributed by atoms with E-state index >= 15 is 0 Å². The van der Waals surface area contributed by atoms with Crippen molar-refractivity contribution in [1.82, 2.24) is 15.5 Å². The Morgan fingerprint density at radius 1 is 1.40 bits per heavy atom. The number of likely N-dealkylation sites (tertiary alicyclic amines) is 1. The first-order valence-corrected chi connectivity index (χ1v) is 7.37. The number of piperidine rings is 1. The Hall–Kier alpha value is -1.14. The van der Waals surface area contributed by atoms with Gasteiger partial charge in [0.05, 0.1) is 24.0 Å². The van der Waals surface area contributed by atoms with Crippen molar-refractivity contribution in [1.29, 1.82) is 0 Å². The molecule has 2 saturated heterocycles. The van der Waals surface area contributed by atoms with Gasteiger partial charge in [-0.1, -0.05) is 6.92 Å². The van der Waals surface area contributed by atoms with Gasteiger partial charge in [0, 0.05) is 6.04 Å². The van der Waals surface area contributed by atoms with Crippen molar-refractivity contribution in [2.75, 3.05) is 20.1 Å². The highest BCUT2D eigenvalue weighted by Crippen LogP contribution is 2.26. The van der Waals surface area contributed by atoms with Crippen molar-refractivity contribution in [3.63, 3.8) is 0 Å². The third-order valence-corrected chi connectivity index (χ3v) is 4.54. The zero-order valence-electron chi connectivity index (χ0n) is 12.4. The minimum absolute atomic E-state index is 0.0322. The Morgan fingerprint density at radius 3 is 2.50 bits per heavy atom. The van der Waals surface area contributed by atoms with Crippen LogP contribution in [0.1, 0.15) is 26.7 Å². The fourth-order valence-electron chi connectivity index (χ4n) is 3.02. The molecule has 2 aliphatic heterocycles. The minimum atomic E-state index is -0.715. The van der Waals surface area contributed by atoms with Gasteiger partial charge in [0.1, 0.15) is 0 Å². The van der Waals surface area contributed by atoms with Gasteiger partial charge in [0.25, 0.3) is 0 Å². The Morgan fingerprint density at radius 2 is 2.00 bits per heavy atom. The molecule has 6 heteroatoms. The molecule has 114 valence electrons. The molecule has 3 N–H and O–H groups in total. The summed E-state index contributed by atoms with van der Waals surface area (Å²) in [7, 11) is 2.08. The molecular formula is C14H25N3O3. The molecule has 0 spiro atoms. The summed E-state index contributed by atoms with van der Waals surface area (Å²) >= 11 is 0. The van der Waals surface area contributed by atoms with Crippen LogP contribution in [0.15, 0.2) is 0 Å². The van der Waals surface area contributed by atoms with Crippen LogP contribution in [0.3, 0.4) is 0 Å². The molecule has 0 aromatic carbocycles. The summed E-state index contributed by atoms with van der Waals surface area (Å²) in [4.78, 5) is 25.9. The van der Waals surface area contributed by atoms with Crippen molar-refractivity contribution >= 4 is 11.8 Å². The van der Waals surface area contributed by atoms with Crippen molar-refractivity contribution in [2.24, 2.45) is 11.8 Å². The van der Waals surface area contributed by atoms with Crippen LogP contribution in [0, 0.1) is 11.8 Å². The Balaban J connectivity index is 1.85. The second-order valence-corrected chi connectivity index (χ2v) is 6.18. The highest BCUT2D eigenvalue weighted by molar-refractivity contribution is 5.90. The maximum Gasteiger partial charge on any atom is 0.228 e. The predicted octanol–water partition coefficient (Wildman–Crippen LogP) is -0.672. The van der Waals surface area contributed by atoms with E-state index in [-0.39, 0.29) is 29.8 Å². The fourth-order valence-corrected chi connectivity index (χ4v) is 3.02. The third-order valence-electron chi connectivity index (χ3n) is 4.54. The number of β-lactam (4-membered cyclic amide) rings is 1. The van der Waals surface area contributed by atoms with Gasteiger partial charge in [-0.15, -0.1) is 0 Å². The molecule has 2 amide bonds. The molecule has 2 aliphatic rings. The first-order chi connectivity index (χ1) is 9.40. The van der Waals surface area contributed by atoms with Gasteiger partial charge in [-0.3, -0.25) is 9.59 Å². The zero-order valence-corrected chi connectivity index (χ0v) is 12.4. The number of nitrogens with one attached hydrogen (secondary N) is 2. The number of aliphatic hydroxyl groups excluding tert-OH is 1. The van der Waals surface area contributed by atoms with E-state index in [0.29, 0.717) is 0 Å². The van der Waals surface area contributed by atoms with Crippen LogP contribution in [-0.2, 0) is 9.59 Å². The molecule has 0 aliphatic carbocycles. The summed E-state index contributed by atoms with van der Waals surface area (Å²) in [6.45, 7) is 5.40. The second kappa shape index (κ2) is 6.10. The van der Waals surface area contributed by atoms with Crippen molar-refractivity contribution in [3.8, 4) is 0 Å². The summed E-state index contributed by atoms with van der Waals surface area (Å²) in [5.74, 6) is -0.973. The van der Waals surface area contributed by atoms with Crippen LogP contribution >= 0.6 is 0 Å². The smallest absolute Gasteiger partial charge is 0.228 e. The number of carbonyl (C=O) groups excluding carboxylic acids is 2. The number of nitrogens with zero attached hydrogens (tertiary/aromatic N) is 1. The summed E-state index contributed by atoms with van der Waals surface area (Å²) in [6, 6.07) is -0.0318. The number of hydrogen-bond acceptors (Lipinski definition) is 4. The van der Waals surface area contributed by atoms with Crippen molar-refractivity contribution in [2.45, 2.75) is 44.9 Å². The average Bonchev–Trinajstić information content (AvgIpc) is 2.36. The van der Waals surface area contributed by atoms with Gasteiger partial charge >= 0.3 is 0 Å². The number of aliphatic hydroxyl groups is 1. The van der Waals surface area contributed by atoms with Crippen LogP contribution in [0.2, 0.25) is 0 Å². The van der Waals surface area contributed by atoms with Gasteiger partial charge < -0.3 is 20.6 Å². The molecule has 0 aromatic rings. The van der Waals surface area contributed by atoms with Gasteiger partial charge in [0.2, 0.25) is 11.8 Å². The standard InChI is InChI=1S/C14H25N3O3/c1-8(12-11(9(2)18)14(20)16-12)13(19)15-10-4-6-17(3)7-5-10/h8-12,18H,4-7H2,1-3H3,(H,15,19)(H,16,20)/t8-,9-,11?,12-/m1/s1. The van der Waals surface area contributed by atoms with Crippen LogP contribution < -0.4 is 10.6 Å². The van der Waals surface area contributed by atoms with E-state index in [1.807, 2.05) is 6.92 Å². The summed E-state index contributed by atoms with van der Waals surface area (Å²) in [5.41, 5.74) is 0. The molecule has 2 rings (SSSR count). The Labute approximate surface area is 119 Å². The molecule has 1 unspecified atom stereocenters. The lowest BCUT2D eigenvalue weighted by molar-refractivity contribution is -0.145. The highest BCUT2D eigenvalue weighted by Gasteiger charge is 2.47. The van der Waals surface area contributed by atoms with Crippen LogP contribution in [0.25, 0.3) is 0 Å². The molecule has 2 heterocycles. The van der Waals surface area contributed by atoms with Crippen molar-refractivity contribution < 1.29 is 14.7 Å². The predicted molar refractivity (Wildman–Crippen MR) is 74.9 cm³/mol. The van der Waals surface area contributed by atoms with Crippen LogP contribution in [0.5, 0.6) is 0 Å². The number of amides is 2. The number of carbonyl (C=O) groups is 2. The monoisotopic (exact) mass is 283 g/mol. The minimum Gasteiger partial charge on any atom is -0.393 e. The van der Waals surface area contributed by atoms with E-state index in [4.69, 9.17) is 0 Å². The first-order valence-electron chi connectivity index (χ1n) is 7.37. The first kappa shape index (κ1) is 15.3. The lowest BCUT2D eigenvalue weighted by Crippen LogP contribution is -2.66. The second-order valence-electron chi connectivity index (χ2n) is 6.18. The number of rotatable bonds is 4. The molecule has 6 nitrogen and oxygen atoms in total. The lowest BCUT2D eigenvalue weighted by Gasteiger charge is -2.42. The van der Waals surface area contributed by atoms with Crippen LogP contribution in [0.4, 0.5) is 0 Å². The van der Waals surface area contributed by atoms with Crippen molar-refractivity contribution in [3.05, 3.63) is 0 Å². The molecule has 20 heavy (non-hydrogen) atoms. The summed E-state index contributed by atoms with van der Waals surface area (Å²) < 4.78 is 0. The van der Waals surface area contributed by atoms with Crippen LogP contribution in [-0.4, -0.2) is 60.1 Å². The van der Waals surface area contributed by atoms with E-state index < -0.39 is 12.0 Å². The molecule has 4 atom stereocenters. The Bertz CT molecular complexity index is 378. The topological polar surface area (TPSA) is 81.7 Å². The third kappa shape index (κ3) is 3.12. The SMILES string of the molecule is C[C@@H](O)C1C(=O)N[C@@H]1[C@@H](C)C(=O)NC1CCN(C)CC1. The van der Waals surface area contributed by atoms with Gasteiger partial charge in [-0.05, 0) is 39.9 Å². The van der Waals surface area contributed by atoms with E-state index in [0.717, 1.165) is 25.9 Å². The molecule has 2 fully saturated rings. The normalized spacial score (nSPS) is 31.1. The number of hydrogen-bond donors (Lipinski definition) is 3. The van der Waals surface area contributed by atoms with E-state index in [1.165, 1.54) is 0 Å². The molecular weight excluding hydrogens is 258 g/mol. The van der Waals surface area contributed by atoms with Gasteiger partial charge in [0.15, 0.2) is 0 Å². The fraction of sp³-hybridized carbons (Fsp3) is 0.857. The van der Waals surface area contributed by atoms with Gasteiger partial charge in [-0.2, -0.15) is 0 Å². The van der Waals surface area contributed by atoms with E-state index in [2.05, 4.69) is 22.6 Å². The lowest BCUT2D eigenvalue weighted by atomic mass is 9.78. The molecule has 0 radical (unpaired) electrons. The zero-order chi connectivity index (χ0) is 14.9.